The molecule has 0 atom stereocenters. The third-order valence-electron chi connectivity index (χ3n) is 5.45. The van der Waals surface area contributed by atoms with Gasteiger partial charge >= 0.3 is 0 Å². The van der Waals surface area contributed by atoms with Crippen molar-refractivity contribution in [2.45, 2.75) is 19.8 Å². The van der Waals surface area contributed by atoms with Crippen molar-refractivity contribution in [3.05, 3.63) is 41.4 Å². The highest BCUT2D eigenvalue weighted by molar-refractivity contribution is 7.13. The number of piperidine rings is 1. The average Bonchev–Trinajstić information content (AvgIpc) is 3.19. The zero-order chi connectivity index (χ0) is 17.9. The topological polar surface area (TPSA) is 39.7 Å². The molecule has 0 aliphatic carbocycles. The first-order valence-corrected chi connectivity index (χ1v) is 10.4. The van der Waals surface area contributed by atoms with Gasteiger partial charge in [-0.25, -0.2) is 4.98 Å². The molecule has 0 N–H and O–H groups in total. The molecule has 2 aliphatic rings. The van der Waals surface area contributed by atoms with Crippen molar-refractivity contribution in [1.29, 1.82) is 0 Å². The monoisotopic (exact) mass is 370 g/mol. The van der Waals surface area contributed by atoms with Gasteiger partial charge in [0.25, 0.3) is 5.91 Å². The Balaban J connectivity index is 1.36. The van der Waals surface area contributed by atoms with Crippen LogP contribution >= 0.6 is 11.3 Å². The van der Waals surface area contributed by atoms with Crippen LogP contribution in [0.2, 0.25) is 0 Å². The number of nitrogens with zero attached hydrogens (tertiary/aromatic N) is 4. The summed E-state index contributed by atoms with van der Waals surface area (Å²) in [5.41, 5.74) is 1.89. The minimum absolute atomic E-state index is 0.0994. The molecule has 26 heavy (non-hydrogen) atoms. The molecule has 2 aliphatic heterocycles. The van der Waals surface area contributed by atoms with Crippen LogP contribution in [0.3, 0.4) is 0 Å². The van der Waals surface area contributed by atoms with Crippen molar-refractivity contribution in [3.8, 4) is 0 Å². The summed E-state index contributed by atoms with van der Waals surface area (Å²) in [5.74, 6) is 0.827. The number of likely N-dealkylation sites (tertiary alicyclic amines) is 1. The zero-order valence-electron chi connectivity index (χ0n) is 15.3. The first kappa shape index (κ1) is 17.3. The molecule has 2 fully saturated rings. The number of anilines is 2. The molecule has 2 aromatic rings. The van der Waals surface area contributed by atoms with E-state index in [0.717, 1.165) is 63.2 Å². The molecule has 1 aromatic carbocycles. The van der Waals surface area contributed by atoms with E-state index < -0.39 is 0 Å². The van der Waals surface area contributed by atoms with Gasteiger partial charge < -0.3 is 14.7 Å². The van der Waals surface area contributed by atoms with E-state index in [4.69, 9.17) is 0 Å². The van der Waals surface area contributed by atoms with Gasteiger partial charge in [0, 0.05) is 50.3 Å². The van der Waals surface area contributed by atoms with Crippen molar-refractivity contribution < 1.29 is 4.79 Å². The van der Waals surface area contributed by atoms with Gasteiger partial charge in [-0.05, 0) is 30.9 Å². The predicted octanol–water partition coefficient (Wildman–Crippen LogP) is 3.34. The van der Waals surface area contributed by atoms with Crippen LogP contribution < -0.4 is 9.80 Å². The van der Waals surface area contributed by atoms with Gasteiger partial charge in [-0.15, -0.1) is 11.3 Å². The van der Waals surface area contributed by atoms with Crippen LogP contribution in [0, 0.1) is 5.92 Å². The molecular weight excluding hydrogens is 344 g/mol. The number of piperazine rings is 1. The molecule has 2 saturated heterocycles. The Morgan fingerprint density at radius 1 is 1.00 bits per heavy atom. The minimum Gasteiger partial charge on any atom is -0.368 e. The van der Waals surface area contributed by atoms with E-state index in [2.05, 4.69) is 52.0 Å². The molecule has 6 heteroatoms. The Bertz CT molecular complexity index is 731. The fourth-order valence-electron chi connectivity index (χ4n) is 3.68. The van der Waals surface area contributed by atoms with Crippen molar-refractivity contribution >= 4 is 28.1 Å². The molecule has 4 rings (SSSR count). The van der Waals surface area contributed by atoms with E-state index in [-0.39, 0.29) is 5.91 Å². The SMILES string of the molecule is CC1CCN(C(=O)c2csc(N3CCN(c4ccccc4)CC3)n2)CC1. The number of rotatable bonds is 3. The second-order valence-corrected chi connectivity index (χ2v) is 8.14. The van der Waals surface area contributed by atoms with Crippen molar-refractivity contribution in [2.75, 3.05) is 49.1 Å². The Kier molecular flexibility index (Phi) is 5.11. The lowest BCUT2D eigenvalue weighted by Gasteiger charge is -2.36. The summed E-state index contributed by atoms with van der Waals surface area (Å²) >= 11 is 1.59. The number of para-hydroxylation sites is 1. The van der Waals surface area contributed by atoms with E-state index in [1.54, 1.807) is 11.3 Å². The summed E-state index contributed by atoms with van der Waals surface area (Å²) in [5, 5.41) is 2.91. The largest absolute Gasteiger partial charge is 0.368 e. The van der Waals surface area contributed by atoms with E-state index in [0.29, 0.717) is 5.69 Å². The van der Waals surface area contributed by atoms with Crippen LogP contribution in [-0.2, 0) is 0 Å². The minimum atomic E-state index is 0.0994. The van der Waals surface area contributed by atoms with Crippen molar-refractivity contribution in [3.63, 3.8) is 0 Å². The second kappa shape index (κ2) is 7.66. The van der Waals surface area contributed by atoms with E-state index in [1.165, 1.54) is 5.69 Å². The summed E-state index contributed by atoms with van der Waals surface area (Å²) in [6.07, 6.45) is 2.20. The first-order valence-electron chi connectivity index (χ1n) is 9.50. The number of benzene rings is 1. The normalized spacial score (nSPS) is 19.0. The summed E-state index contributed by atoms with van der Waals surface area (Å²) in [4.78, 5) is 24.0. The zero-order valence-corrected chi connectivity index (χ0v) is 16.1. The quantitative estimate of drug-likeness (QED) is 0.831. The van der Waals surface area contributed by atoms with Crippen LogP contribution in [0.5, 0.6) is 0 Å². The van der Waals surface area contributed by atoms with Gasteiger partial charge in [0.1, 0.15) is 5.69 Å². The molecule has 5 nitrogen and oxygen atoms in total. The van der Waals surface area contributed by atoms with Crippen LogP contribution in [0.25, 0.3) is 0 Å². The second-order valence-electron chi connectivity index (χ2n) is 7.30. The fraction of sp³-hybridized carbons (Fsp3) is 0.500. The van der Waals surface area contributed by atoms with Gasteiger partial charge in [0.2, 0.25) is 0 Å². The highest BCUT2D eigenvalue weighted by Crippen LogP contribution is 2.25. The highest BCUT2D eigenvalue weighted by atomic mass is 32.1. The molecule has 0 spiro atoms. The molecule has 0 saturated carbocycles. The molecule has 0 bridgehead atoms. The maximum atomic E-state index is 12.7. The predicted molar refractivity (Wildman–Crippen MR) is 107 cm³/mol. The number of hydrogen-bond donors (Lipinski definition) is 0. The standard InChI is InChI=1S/C20H26N4OS/c1-16-7-9-23(10-8-16)19(25)18-15-26-20(21-18)24-13-11-22(12-14-24)17-5-3-2-4-6-17/h2-6,15-16H,7-14H2,1H3. The van der Waals surface area contributed by atoms with Gasteiger partial charge in [-0.1, -0.05) is 25.1 Å². The number of aromatic nitrogens is 1. The third kappa shape index (κ3) is 3.70. The third-order valence-corrected chi connectivity index (χ3v) is 6.35. The number of hydrogen-bond acceptors (Lipinski definition) is 5. The molecule has 1 aromatic heterocycles. The number of carbonyl (C=O) groups is 1. The number of amides is 1. The summed E-state index contributed by atoms with van der Waals surface area (Å²) in [7, 11) is 0. The summed E-state index contributed by atoms with van der Waals surface area (Å²) in [6, 6.07) is 10.5. The van der Waals surface area contributed by atoms with E-state index in [9.17, 15) is 4.79 Å². The smallest absolute Gasteiger partial charge is 0.273 e. The van der Waals surface area contributed by atoms with Crippen LogP contribution in [0.1, 0.15) is 30.3 Å². The molecule has 3 heterocycles. The van der Waals surface area contributed by atoms with Gasteiger partial charge in [-0.3, -0.25) is 4.79 Å². The summed E-state index contributed by atoms with van der Waals surface area (Å²) < 4.78 is 0. The van der Waals surface area contributed by atoms with E-state index >= 15 is 0 Å². The first-order chi connectivity index (χ1) is 12.7. The Hall–Kier alpha value is -2.08. The van der Waals surface area contributed by atoms with Crippen LogP contribution in [-0.4, -0.2) is 55.1 Å². The lowest BCUT2D eigenvalue weighted by Crippen LogP contribution is -2.46. The van der Waals surface area contributed by atoms with Gasteiger partial charge in [0.05, 0.1) is 0 Å². The fourth-order valence-corrected chi connectivity index (χ4v) is 4.53. The lowest BCUT2D eigenvalue weighted by atomic mass is 9.99. The Morgan fingerprint density at radius 3 is 2.35 bits per heavy atom. The Labute approximate surface area is 159 Å². The average molecular weight is 371 g/mol. The van der Waals surface area contributed by atoms with Crippen LogP contribution in [0.15, 0.2) is 35.7 Å². The van der Waals surface area contributed by atoms with Crippen LogP contribution in [0.4, 0.5) is 10.8 Å². The molecule has 138 valence electrons. The molecule has 1 amide bonds. The van der Waals surface area contributed by atoms with Crippen molar-refractivity contribution in [2.24, 2.45) is 5.92 Å². The lowest BCUT2D eigenvalue weighted by molar-refractivity contribution is 0.0692. The van der Waals surface area contributed by atoms with Crippen molar-refractivity contribution in [1.82, 2.24) is 9.88 Å². The maximum absolute atomic E-state index is 12.7. The van der Waals surface area contributed by atoms with Gasteiger partial charge in [-0.2, -0.15) is 0 Å². The molecule has 0 unspecified atom stereocenters. The summed E-state index contributed by atoms with van der Waals surface area (Å²) in [6.45, 7) is 7.84. The highest BCUT2D eigenvalue weighted by Gasteiger charge is 2.25. The van der Waals surface area contributed by atoms with E-state index in [1.807, 2.05) is 10.3 Å². The molecular formula is C20H26N4OS. The maximum Gasteiger partial charge on any atom is 0.273 e. The van der Waals surface area contributed by atoms with Gasteiger partial charge in [0.15, 0.2) is 5.13 Å². The number of thiazole rings is 1. The molecule has 0 radical (unpaired) electrons. The number of carbonyl (C=O) groups excluding carboxylic acids is 1. The Morgan fingerprint density at radius 2 is 1.65 bits per heavy atom.